The Balaban J connectivity index is 1.70. The summed E-state index contributed by atoms with van der Waals surface area (Å²) in [7, 11) is 2.92. The number of carbonyl (C=O) groups is 3. The number of rotatable bonds is 6. The molecule has 2 aromatic rings. The minimum atomic E-state index is -1.03. The molecule has 3 rings (SSSR count). The van der Waals surface area contributed by atoms with E-state index < -0.39 is 24.5 Å². The molecule has 1 aliphatic rings. The Morgan fingerprint density at radius 3 is 2.55 bits per heavy atom. The maximum absolute atomic E-state index is 12.5. The van der Waals surface area contributed by atoms with Crippen molar-refractivity contribution in [3.8, 4) is 17.2 Å². The van der Waals surface area contributed by atoms with Crippen molar-refractivity contribution >= 4 is 23.3 Å². The van der Waals surface area contributed by atoms with E-state index in [1.807, 2.05) is 0 Å². The molecule has 0 saturated carbocycles. The van der Waals surface area contributed by atoms with Gasteiger partial charge in [-0.15, -0.1) is 0 Å². The number of methoxy groups -OCH3 is 2. The molecule has 0 unspecified atom stereocenters. The molecule has 0 radical (unpaired) electrons. The zero-order valence-corrected chi connectivity index (χ0v) is 16.3. The smallest absolute Gasteiger partial charge is 0.349 e. The summed E-state index contributed by atoms with van der Waals surface area (Å²) in [4.78, 5) is 38.4. The number of hydrogen-bond acceptors (Lipinski definition) is 7. The number of nitrogens with zero attached hydrogens (tertiary/aromatic N) is 1. The van der Waals surface area contributed by atoms with E-state index in [0.29, 0.717) is 22.9 Å². The molecule has 152 valence electrons. The van der Waals surface area contributed by atoms with Gasteiger partial charge in [-0.3, -0.25) is 9.59 Å². The van der Waals surface area contributed by atoms with E-state index >= 15 is 0 Å². The molecule has 0 saturated heterocycles. The normalized spacial score (nSPS) is 15.0. The van der Waals surface area contributed by atoms with Crippen LogP contribution in [-0.2, 0) is 14.3 Å². The molecule has 0 N–H and O–H groups in total. The quantitative estimate of drug-likeness (QED) is 0.543. The van der Waals surface area contributed by atoms with Gasteiger partial charge in [-0.2, -0.15) is 0 Å². The molecule has 0 bridgehead atoms. The predicted octanol–water partition coefficient (Wildman–Crippen LogP) is 2.24. The molecule has 1 heterocycles. The average molecular weight is 399 g/mol. The Morgan fingerprint density at radius 2 is 1.86 bits per heavy atom. The molecule has 1 amide bonds. The first-order valence-corrected chi connectivity index (χ1v) is 8.90. The molecule has 8 nitrogen and oxygen atoms in total. The third kappa shape index (κ3) is 4.31. The van der Waals surface area contributed by atoms with Gasteiger partial charge in [0.2, 0.25) is 17.8 Å². The van der Waals surface area contributed by atoms with Gasteiger partial charge in [0.15, 0.2) is 6.61 Å². The highest BCUT2D eigenvalue weighted by Gasteiger charge is 2.34. The third-order valence-corrected chi connectivity index (χ3v) is 4.47. The van der Waals surface area contributed by atoms with Crippen molar-refractivity contribution in [1.29, 1.82) is 0 Å². The molecule has 0 spiro atoms. The lowest BCUT2D eigenvalue weighted by molar-refractivity contribution is -0.150. The zero-order valence-electron chi connectivity index (χ0n) is 16.3. The van der Waals surface area contributed by atoms with Gasteiger partial charge >= 0.3 is 5.97 Å². The molecule has 8 heteroatoms. The summed E-state index contributed by atoms with van der Waals surface area (Å²) in [6.45, 7) is 0.912. The molecule has 0 fully saturated rings. The van der Waals surface area contributed by atoms with Crippen LogP contribution in [0, 0.1) is 0 Å². The number of hydrogen-bond donors (Lipinski definition) is 0. The first-order chi connectivity index (χ1) is 13.9. The van der Waals surface area contributed by atoms with Gasteiger partial charge < -0.3 is 23.8 Å². The number of amides is 1. The van der Waals surface area contributed by atoms with Gasteiger partial charge in [0, 0.05) is 6.92 Å². The fourth-order valence-electron chi connectivity index (χ4n) is 2.99. The lowest BCUT2D eigenvalue weighted by Crippen LogP contribution is -2.47. The van der Waals surface area contributed by atoms with Gasteiger partial charge in [-0.05, 0) is 30.3 Å². The largest absolute Gasteiger partial charge is 0.497 e. The Kier molecular flexibility index (Phi) is 6.01. The first-order valence-electron chi connectivity index (χ1n) is 8.90. The van der Waals surface area contributed by atoms with Crippen LogP contribution in [0.1, 0.15) is 17.3 Å². The predicted molar refractivity (Wildman–Crippen MR) is 104 cm³/mol. The van der Waals surface area contributed by atoms with Gasteiger partial charge in [-0.1, -0.05) is 12.1 Å². The number of ether oxygens (including phenoxy) is 4. The Bertz CT molecular complexity index is 940. The van der Waals surface area contributed by atoms with Gasteiger partial charge in [0.25, 0.3) is 0 Å². The highest BCUT2D eigenvalue weighted by molar-refractivity contribution is 6.01. The van der Waals surface area contributed by atoms with Gasteiger partial charge in [0.05, 0.1) is 32.0 Å². The van der Waals surface area contributed by atoms with Crippen LogP contribution in [0.4, 0.5) is 5.69 Å². The van der Waals surface area contributed by atoms with Crippen molar-refractivity contribution < 1.29 is 33.3 Å². The van der Waals surface area contributed by atoms with Crippen LogP contribution in [0.25, 0.3) is 0 Å². The van der Waals surface area contributed by atoms with Crippen LogP contribution in [0.2, 0.25) is 0 Å². The van der Waals surface area contributed by atoms with E-state index in [4.69, 9.17) is 18.9 Å². The number of esters is 1. The lowest BCUT2D eigenvalue weighted by atomic mass is 10.1. The standard InChI is InChI=1S/C21H21NO7/c1-13(23)22-11-20(29-19-7-5-4-6-16(19)22)21(25)28-12-17(24)15-10-14(26-2)8-9-18(15)27-3/h4-10,20H,11-12H2,1-3H3/t20-/m1/s1. The second-order valence-corrected chi connectivity index (χ2v) is 6.30. The van der Waals surface area contributed by atoms with E-state index in [1.165, 1.54) is 32.1 Å². The summed E-state index contributed by atoms with van der Waals surface area (Å²) in [6.07, 6.45) is -1.03. The van der Waals surface area contributed by atoms with E-state index in [0.717, 1.165) is 0 Å². The first kappa shape index (κ1) is 20.2. The minimum Gasteiger partial charge on any atom is -0.497 e. The van der Waals surface area contributed by atoms with Crippen molar-refractivity contribution in [3.63, 3.8) is 0 Å². The summed E-state index contributed by atoms with van der Waals surface area (Å²) in [5.74, 6) is -0.190. The van der Waals surface area contributed by atoms with E-state index in [9.17, 15) is 14.4 Å². The SMILES string of the molecule is COc1ccc(OC)c(C(=O)COC(=O)[C@H]2CN(C(C)=O)c3ccccc3O2)c1. The average Bonchev–Trinajstić information content (AvgIpc) is 2.75. The molecule has 0 aliphatic carbocycles. The second kappa shape index (κ2) is 8.64. The van der Waals surface area contributed by atoms with Crippen LogP contribution in [0.15, 0.2) is 42.5 Å². The third-order valence-electron chi connectivity index (χ3n) is 4.47. The Hall–Kier alpha value is -3.55. The topological polar surface area (TPSA) is 91.4 Å². The zero-order chi connectivity index (χ0) is 21.0. The Morgan fingerprint density at radius 1 is 1.10 bits per heavy atom. The van der Waals surface area contributed by atoms with Crippen molar-refractivity contribution in [3.05, 3.63) is 48.0 Å². The number of carbonyl (C=O) groups excluding carboxylic acids is 3. The monoisotopic (exact) mass is 399 g/mol. The highest BCUT2D eigenvalue weighted by Crippen LogP contribution is 2.33. The lowest BCUT2D eigenvalue weighted by Gasteiger charge is -2.33. The van der Waals surface area contributed by atoms with Crippen molar-refractivity contribution in [2.75, 3.05) is 32.3 Å². The molecule has 1 aliphatic heterocycles. The van der Waals surface area contributed by atoms with Crippen LogP contribution in [-0.4, -0.2) is 51.1 Å². The van der Waals surface area contributed by atoms with E-state index in [-0.39, 0.29) is 18.0 Å². The summed E-state index contributed by atoms with van der Waals surface area (Å²) < 4.78 is 21.1. The van der Waals surface area contributed by atoms with E-state index in [2.05, 4.69) is 0 Å². The van der Waals surface area contributed by atoms with E-state index in [1.54, 1.807) is 36.4 Å². The van der Waals surface area contributed by atoms with Crippen LogP contribution >= 0.6 is 0 Å². The van der Waals surface area contributed by atoms with Gasteiger partial charge in [0.1, 0.15) is 17.2 Å². The number of para-hydroxylation sites is 2. The molecule has 2 aromatic carbocycles. The summed E-state index contributed by atoms with van der Waals surface area (Å²) in [5, 5.41) is 0. The second-order valence-electron chi connectivity index (χ2n) is 6.30. The number of ketones is 1. The molecular formula is C21H21NO7. The summed E-state index contributed by atoms with van der Waals surface area (Å²) >= 11 is 0. The summed E-state index contributed by atoms with van der Waals surface area (Å²) in [6, 6.07) is 11.7. The van der Waals surface area contributed by atoms with Crippen molar-refractivity contribution in [2.45, 2.75) is 13.0 Å². The Labute approximate surface area is 167 Å². The van der Waals surface area contributed by atoms with Crippen LogP contribution in [0.5, 0.6) is 17.2 Å². The number of fused-ring (bicyclic) bond motifs is 1. The molecule has 29 heavy (non-hydrogen) atoms. The fraction of sp³-hybridized carbons (Fsp3) is 0.286. The van der Waals surface area contributed by atoms with Crippen LogP contribution < -0.4 is 19.1 Å². The summed E-state index contributed by atoms with van der Waals surface area (Å²) in [5.41, 5.74) is 0.821. The van der Waals surface area contributed by atoms with Crippen molar-refractivity contribution in [2.24, 2.45) is 0 Å². The molecule has 0 aromatic heterocycles. The molecule has 1 atom stereocenters. The maximum atomic E-state index is 12.5. The minimum absolute atomic E-state index is 0.00184. The maximum Gasteiger partial charge on any atom is 0.349 e. The van der Waals surface area contributed by atoms with Crippen LogP contribution in [0.3, 0.4) is 0 Å². The van der Waals surface area contributed by atoms with Crippen molar-refractivity contribution in [1.82, 2.24) is 0 Å². The highest BCUT2D eigenvalue weighted by atomic mass is 16.6. The number of benzene rings is 2. The van der Waals surface area contributed by atoms with Gasteiger partial charge in [-0.25, -0.2) is 4.79 Å². The number of Topliss-reactive ketones (excluding diaryl/α,β-unsaturated/α-hetero) is 1. The molecular weight excluding hydrogens is 378 g/mol. The fourth-order valence-corrected chi connectivity index (χ4v) is 2.99. The number of anilines is 1.